The summed E-state index contributed by atoms with van der Waals surface area (Å²) in [6.45, 7) is 5.99. The number of likely N-dealkylation sites (tertiary alicyclic amines) is 1. The molecular formula is C24H35N5O6S. The van der Waals surface area contributed by atoms with Crippen LogP contribution in [0.15, 0.2) is 10.6 Å². The molecule has 12 heteroatoms. The lowest BCUT2D eigenvalue weighted by atomic mass is 9.79. The van der Waals surface area contributed by atoms with Crippen LogP contribution in [0.1, 0.15) is 39.5 Å². The summed E-state index contributed by atoms with van der Waals surface area (Å²) in [5.74, 6) is -2.24. The summed E-state index contributed by atoms with van der Waals surface area (Å²) in [7, 11) is 0. The number of β-lactam (4-membered cyclic amide) rings is 1. The smallest absolute Gasteiger partial charge is 0.353 e. The number of hydrogen-bond acceptors (Lipinski definition) is 8. The third-order valence-electron chi connectivity index (χ3n) is 8.22. The molecule has 0 aromatic rings. The quantitative estimate of drug-likeness (QED) is 0.268. The molecule has 0 aromatic heterocycles. The molecule has 4 saturated heterocycles. The van der Waals surface area contributed by atoms with Gasteiger partial charge in [-0.3, -0.25) is 14.4 Å². The molecule has 5 heterocycles. The van der Waals surface area contributed by atoms with Crippen LogP contribution in [0.3, 0.4) is 0 Å². The Kier molecular flexibility index (Phi) is 7.05. The number of carbonyl (C=O) groups is 4. The molecule has 0 saturated carbocycles. The third kappa shape index (κ3) is 4.42. The topological polar surface area (TPSA) is 151 Å². The number of hydrogen-bond donors (Lipinski definition) is 5. The first kappa shape index (κ1) is 25.5. The first-order valence-electron chi connectivity index (χ1n) is 12.9. The van der Waals surface area contributed by atoms with Crippen LogP contribution in [-0.2, 0) is 19.2 Å². The van der Waals surface area contributed by atoms with Gasteiger partial charge < -0.3 is 36.0 Å². The van der Waals surface area contributed by atoms with Crippen molar-refractivity contribution in [2.75, 3.05) is 26.2 Å². The molecule has 5 rings (SSSR count). The predicted molar refractivity (Wildman–Crippen MR) is 132 cm³/mol. The van der Waals surface area contributed by atoms with Crippen LogP contribution >= 0.6 is 11.8 Å². The van der Waals surface area contributed by atoms with Crippen molar-refractivity contribution in [2.24, 2.45) is 11.8 Å². The Hall–Kier alpha value is -2.15. The number of nitrogens with one attached hydrogen (secondary N) is 3. The predicted octanol–water partition coefficient (Wildman–Crippen LogP) is -0.927. The van der Waals surface area contributed by atoms with Gasteiger partial charge in [0.25, 0.3) is 0 Å². The lowest BCUT2D eigenvalue weighted by Crippen LogP contribution is -2.63. The molecule has 3 amide bonds. The number of fused-ring (bicyclic) bond motifs is 1. The molecule has 0 aliphatic carbocycles. The Morgan fingerprint density at radius 3 is 2.64 bits per heavy atom. The molecule has 1 unspecified atom stereocenters. The Morgan fingerprint density at radius 2 is 1.97 bits per heavy atom. The molecular weight excluding hydrogens is 486 g/mol. The van der Waals surface area contributed by atoms with Crippen molar-refractivity contribution >= 4 is 35.5 Å². The van der Waals surface area contributed by atoms with E-state index in [0.29, 0.717) is 31.0 Å². The summed E-state index contributed by atoms with van der Waals surface area (Å²) in [5.41, 5.74) is 0.0176. The van der Waals surface area contributed by atoms with E-state index in [0.717, 1.165) is 25.8 Å². The maximum Gasteiger partial charge on any atom is 0.353 e. The molecule has 36 heavy (non-hydrogen) atoms. The summed E-state index contributed by atoms with van der Waals surface area (Å²) in [4.78, 5) is 53.9. The summed E-state index contributed by atoms with van der Waals surface area (Å²) in [6.07, 6.45) is 2.30. The first-order chi connectivity index (χ1) is 17.2. The minimum absolute atomic E-state index is 0.00361. The fourth-order valence-electron chi connectivity index (χ4n) is 6.35. The SMILES string of the molecule is CC(O)[C@H]1C(=O)N2C(C(=O)O)=C(S[C@@H]3CN[C@H](C(=O)N4CC[C@H](NC(=O)[C@@H]5CCCN5)C4)C3)[C@H](C)[C@H]12. The number of rotatable bonds is 7. The van der Waals surface area contributed by atoms with Gasteiger partial charge in [-0.05, 0) is 39.2 Å². The summed E-state index contributed by atoms with van der Waals surface area (Å²) >= 11 is 1.44. The monoisotopic (exact) mass is 521 g/mol. The number of carbonyl (C=O) groups excluding carboxylic acids is 3. The van der Waals surface area contributed by atoms with E-state index in [2.05, 4.69) is 16.0 Å². The van der Waals surface area contributed by atoms with E-state index in [9.17, 15) is 29.4 Å². The minimum Gasteiger partial charge on any atom is -0.477 e. The highest BCUT2D eigenvalue weighted by molar-refractivity contribution is 8.03. The van der Waals surface area contributed by atoms with E-state index >= 15 is 0 Å². The second-order valence-corrected chi connectivity index (χ2v) is 12.0. The van der Waals surface area contributed by atoms with Crippen molar-refractivity contribution in [2.45, 2.75) is 75.1 Å². The number of nitrogens with zero attached hydrogens (tertiary/aromatic N) is 2. The van der Waals surface area contributed by atoms with Crippen LogP contribution in [0.25, 0.3) is 0 Å². The summed E-state index contributed by atoms with van der Waals surface area (Å²) in [5, 5.41) is 29.4. The van der Waals surface area contributed by atoms with Gasteiger partial charge in [0.2, 0.25) is 17.7 Å². The molecule has 5 N–H and O–H groups in total. The molecule has 5 aliphatic heterocycles. The van der Waals surface area contributed by atoms with Gasteiger partial charge in [0.05, 0.1) is 30.1 Å². The molecule has 0 radical (unpaired) electrons. The summed E-state index contributed by atoms with van der Waals surface area (Å²) < 4.78 is 0. The van der Waals surface area contributed by atoms with Crippen LogP contribution in [0.4, 0.5) is 0 Å². The molecule has 0 bridgehead atoms. The highest BCUT2D eigenvalue weighted by Crippen LogP contribution is 2.51. The zero-order valence-electron chi connectivity index (χ0n) is 20.6. The highest BCUT2D eigenvalue weighted by Gasteiger charge is 2.60. The zero-order valence-corrected chi connectivity index (χ0v) is 21.4. The average molecular weight is 522 g/mol. The molecule has 0 aromatic carbocycles. The van der Waals surface area contributed by atoms with Crippen molar-refractivity contribution < 1.29 is 29.4 Å². The number of aliphatic hydroxyl groups is 1. The summed E-state index contributed by atoms with van der Waals surface area (Å²) in [6, 6.07) is -0.872. The maximum atomic E-state index is 13.2. The Bertz CT molecular complexity index is 982. The van der Waals surface area contributed by atoms with Crippen molar-refractivity contribution in [3.63, 3.8) is 0 Å². The van der Waals surface area contributed by atoms with Crippen molar-refractivity contribution in [3.05, 3.63) is 10.6 Å². The van der Waals surface area contributed by atoms with Crippen molar-refractivity contribution in [3.8, 4) is 0 Å². The normalized spacial score (nSPS) is 36.8. The van der Waals surface area contributed by atoms with Gasteiger partial charge in [-0.2, -0.15) is 0 Å². The van der Waals surface area contributed by atoms with Crippen LogP contribution in [0, 0.1) is 11.8 Å². The van der Waals surface area contributed by atoms with Crippen molar-refractivity contribution in [1.29, 1.82) is 0 Å². The van der Waals surface area contributed by atoms with Gasteiger partial charge in [-0.25, -0.2) is 4.79 Å². The number of thioether (sulfide) groups is 1. The second kappa shape index (κ2) is 9.96. The van der Waals surface area contributed by atoms with E-state index in [4.69, 9.17) is 0 Å². The lowest BCUT2D eigenvalue weighted by Gasteiger charge is -2.46. The van der Waals surface area contributed by atoms with E-state index in [1.807, 2.05) is 6.92 Å². The van der Waals surface area contributed by atoms with E-state index < -0.39 is 18.0 Å². The Labute approximate surface area is 214 Å². The van der Waals surface area contributed by atoms with Gasteiger partial charge in [-0.1, -0.05) is 6.92 Å². The molecule has 8 atom stereocenters. The fraction of sp³-hybridized carbons (Fsp3) is 0.750. The van der Waals surface area contributed by atoms with E-state index in [1.54, 1.807) is 11.8 Å². The Balaban J connectivity index is 1.17. The van der Waals surface area contributed by atoms with Gasteiger partial charge in [-0.15, -0.1) is 11.8 Å². The van der Waals surface area contributed by atoms with Gasteiger partial charge in [0, 0.05) is 41.7 Å². The number of aliphatic carboxylic acids is 1. The van der Waals surface area contributed by atoms with Gasteiger partial charge in [0.1, 0.15) is 5.70 Å². The lowest BCUT2D eigenvalue weighted by molar-refractivity contribution is -0.163. The molecule has 0 spiro atoms. The van der Waals surface area contributed by atoms with Crippen LogP contribution < -0.4 is 16.0 Å². The van der Waals surface area contributed by atoms with Gasteiger partial charge in [0.15, 0.2) is 0 Å². The first-order valence-corrected chi connectivity index (χ1v) is 13.8. The molecule has 11 nitrogen and oxygen atoms in total. The van der Waals surface area contributed by atoms with E-state index in [-0.39, 0.29) is 58.8 Å². The van der Waals surface area contributed by atoms with Crippen molar-refractivity contribution in [1.82, 2.24) is 25.8 Å². The van der Waals surface area contributed by atoms with E-state index in [1.165, 1.54) is 16.7 Å². The largest absolute Gasteiger partial charge is 0.477 e. The molecule has 198 valence electrons. The molecule has 5 aliphatic rings. The minimum atomic E-state index is -1.14. The average Bonchev–Trinajstić information content (AvgIpc) is 3.61. The van der Waals surface area contributed by atoms with Crippen LogP contribution in [0.2, 0.25) is 0 Å². The Morgan fingerprint density at radius 1 is 1.19 bits per heavy atom. The van der Waals surface area contributed by atoms with Crippen LogP contribution in [0.5, 0.6) is 0 Å². The molecule has 4 fully saturated rings. The van der Waals surface area contributed by atoms with Gasteiger partial charge >= 0.3 is 5.97 Å². The zero-order chi connectivity index (χ0) is 25.7. The fourth-order valence-corrected chi connectivity index (χ4v) is 7.83. The standard InChI is InChI=1S/C24H35N5O6S/c1-11-18-17(12(2)30)23(33)29(18)19(24(34)35)20(11)36-14-8-16(26-9-14)22(32)28-7-5-13(10-28)27-21(31)15-4-3-6-25-15/h11-18,25-26,30H,3-10H2,1-2H3,(H,27,31)(H,34,35)/t11-,12?,13+,14+,15+,16+,17-,18-/m1/s1. The highest BCUT2D eigenvalue weighted by atomic mass is 32.2. The maximum absolute atomic E-state index is 13.2. The second-order valence-electron chi connectivity index (χ2n) is 10.6. The number of aliphatic hydroxyl groups excluding tert-OH is 1. The number of carboxylic acids is 1. The number of carboxylic acid groups (broad SMARTS) is 1. The number of amides is 3. The third-order valence-corrected chi connectivity index (χ3v) is 9.73. The van der Waals surface area contributed by atoms with Crippen LogP contribution in [-0.4, -0.2) is 105 Å².